The molecular weight excluding hydrogens is 141 g/mol. The van der Waals surface area contributed by atoms with Crippen LogP contribution in [0.2, 0.25) is 0 Å². The van der Waals surface area contributed by atoms with Gasteiger partial charge in [0.05, 0.1) is 0 Å². The lowest BCUT2D eigenvalue weighted by molar-refractivity contribution is -0.342. The van der Waals surface area contributed by atoms with Gasteiger partial charge in [-0.2, -0.15) is 0 Å². The Hall–Kier alpha value is -0.780. The van der Waals surface area contributed by atoms with E-state index in [-0.39, 0.29) is 0 Å². The van der Waals surface area contributed by atoms with Crippen molar-refractivity contribution in [1.29, 1.82) is 0 Å². The van der Waals surface area contributed by atoms with Gasteiger partial charge in [0.25, 0.3) is 0 Å². The van der Waals surface area contributed by atoms with E-state index in [4.69, 9.17) is 4.79 Å². The largest absolute Gasteiger partial charge is 0.525 e. The van der Waals surface area contributed by atoms with Gasteiger partial charge in [-0.25, -0.2) is 4.79 Å². The van der Waals surface area contributed by atoms with Gasteiger partial charge in [0.15, 0.2) is 0 Å². The van der Waals surface area contributed by atoms with E-state index in [9.17, 15) is 13.2 Å². The third kappa shape index (κ3) is 7.22. The molecule has 9 heavy (non-hydrogen) atoms. The standard InChI is InChI=1S/C3H2F3O3/c4-3(5,6)9-2-8-1-7/h2H2. The topological polar surface area (TPSA) is 35.5 Å². The Bertz CT molecular complexity index is 88.8. The van der Waals surface area contributed by atoms with Gasteiger partial charge < -0.3 is 4.74 Å². The Balaban J connectivity index is 3.17. The quantitative estimate of drug-likeness (QED) is 0.427. The van der Waals surface area contributed by atoms with Gasteiger partial charge in [0.2, 0.25) is 6.79 Å². The highest BCUT2D eigenvalue weighted by Gasteiger charge is 2.29. The molecule has 0 aliphatic heterocycles. The van der Waals surface area contributed by atoms with Gasteiger partial charge in [0, 0.05) is 0 Å². The molecule has 1 radical (unpaired) electrons. The van der Waals surface area contributed by atoms with E-state index in [0.29, 0.717) is 0 Å². The number of rotatable bonds is 3. The summed E-state index contributed by atoms with van der Waals surface area (Å²) >= 11 is 0. The summed E-state index contributed by atoms with van der Waals surface area (Å²) in [7, 11) is 0. The molecule has 0 aromatic heterocycles. The van der Waals surface area contributed by atoms with E-state index in [1.807, 2.05) is 0 Å². The minimum absolute atomic E-state index is 0.765. The normalized spacial score (nSPS) is 11.0. The second-order valence-electron chi connectivity index (χ2n) is 0.936. The number of carbonyl (C=O) groups excluding carboxylic acids is 1. The molecule has 0 rings (SSSR count). The van der Waals surface area contributed by atoms with E-state index in [2.05, 4.69) is 9.47 Å². The first-order valence-electron chi connectivity index (χ1n) is 1.76. The first kappa shape index (κ1) is 8.22. The van der Waals surface area contributed by atoms with Gasteiger partial charge in [-0.3, -0.25) is 4.74 Å². The van der Waals surface area contributed by atoms with Crippen LogP contribution in [0.1, 0.15) is 0 Å². The minimum Gasteiger partial charge on any atom is -0.430 e. The van der Waals surface area contributed by atoms with Crippen molar-refractivity contribution >= 4 is 6.47 Å². The lowest BCUT2D eigenvalue weighted by Gasteiger charge is -2.03. The van der Waals surface area contributed by atoms with E-state index >= 15 is 0 Å². The summed E-state index contributed by atoms with van der Waals surface area (Å²) in [6.45, 7) is -0.381. The summed E-state index contributed by atoms with van der Waals surface area (Å²) in [5.41, 5.74) is 0. The summed E-state index contributed by atoms with van der Waals surface area (Å²) < 4.78 is 39.3. The molecule has 0 spiro atoms. The maximum absolute atomic E-state index is 10.9. The molecular formula is C3H2F3O3. The van der Waals surface area contributed by atoms with Crippen molar-refractivity contribution in [1.82, 2.24) is 0 Å². The van der Waals surface area contributed by atoms with E-state index in [0.717, 1.165) is 6.47 Å². The lowest BCUT2D eigenvalue weighted by Crippen LogP contribution is -2.15. The predicted octanol–water partition coefficient (Wildman–Crippen LogP) is 0.564. The Morgan fingerprint density at radius 3 is 2.33 bits per heavy atom. The summed E-state index contributed by atoms with van der Waals surface area (Å²) in [6, 6.07) is 0. The maximum Gasteiger partial charge on any atom is 0.525 e. The van der Waals surface area contributed by atoms with Crippen LogP contribution in [-0.2, 0) is 14.3 Å². The molecule has 6 heteroatoms. The average molecular weight is 143 g/mol. The third-order valence-corrected chi connectivity index (χ3v) is 0.340. The van der Waals surface area contributed by atoms with Crippen molar-refractivity contribution in [2.24, 2.45) is 0 Å². The van der Waals surface area contributed by atoms with E-state index in [1.54, 1.807) is 0 Å². The zero-order chi connectivity index (χ0) is 7.33. The monoisotopic (exact) mass is 143 g/mol. The number of halogens is 3. The molecule has 0 saturated heterocycles. The first-order valence-corrected chi connectivity index (χ1v) is 1.76. The van der Waals surface area contributed by atoms with Crippen LogP contribution in [0, 0.1) is 0 Å². The second kappa shape index (κ2) is 3.29. The Kier molecular flexibility index (Phi) is 3.00. The van der Waals surface area contributed by atoms with Gasteiger partial charge in [-0.15, -0.1) is 13.2 Å². The van der Waals surface area contributed by atoms with E-state index in [1.165, 1.54) is 0 Å². The molecule has 0 N–H and O–H groups in total. The van der Waals surface area contributed by atoms with Crippen LogP contribution in [-0.4, -0.2) is 19.6 Å². The Labute approximate surface area is 48.4 Å². The molecule has 0 atom stereocenters. The summed E-state index contributed by atoms with van der Waals surface area (Å²) in [4.78, 5) is 9.10. The highest BCUT2D eigenvalue weighted by molar-refractivity contribution is 5.37. The van der Waals surface area contributed by atoms with Crippen LogP contribution in [0.4, 0.5) is 13.2 Å². The maximum atomic E-state index is 10.9. The number of ether oxygens (including phenoxy) is 2. The number of alkyl halides is 3. The van der Waals surface area contributed by atoms with Crippen LogP contribution in [0.5, 0.6) is 0 Å². The molecule has 0 amide bonds. The van der Waals surface area contributed by atoms with Crippen molar-refractivity contribution in [3.05, 3.63) is 0 Å². The fraction of sp³-hybridized carbons (Fsp3) is 0.667. The fourth-order valence-electron chi connectivity index (χ4n) is 0.120. The minimum atomic E-state index is -4.75. The Morgan fingerprint density at radius 1 is 1.44 bits per heavy atom. The van der Waals surface area contributed by atoms with Gasteiger partial charge in [0.1, 0.15) is 0 Å². The molecule has 0 aliphatic rings. The molecule has 0 heterocycles. The molecule has 0 saturated carbocycles. The first-order chi connectivity index (χ1) is 4.06. The van der Waals surface area contributed by atoms with Crippen molar-refractivity contribution in [2.45, 2.75) is 6.36 Å². The van der Waals surface area contributed by atoms with Gasteiger partial charge in [-0.05, 0) is 0 Å². The van der Waals surface area contributed by atoms with Gasteiger partial charge >= 0.3 is 12.8 Å². The van der Waals surface area contributed by atoms with Crippen molar-refractivity contribution in [2.75, 3.05) is 6.79 Å². The number of hydrogen-bond donors (Lipinski definition) is 0. The molecule has 0 unspecified atom stereocenters. The highest BCUT2D eigenvalue weighted by Crippen LogP contribution is 2.15. The molecule has 0 aromatic rings. The van der Waals surface area contributed by atoms with Crippen LogP contribution in [0.25, 0.3) is 0 Å². The van der Waals surface area contributed by atoms with Crippen LogP contribution < -0.4 is 0 Å². The summed E-state index contributed by atoms with van der Waals surface area (Å²) in [6.07, 6.45) is -4.75. The fourth-order valence-corrected chi connectivity index (χ4v) is 0.120. The van der Waals surface area contributed by atoms with E-state index < -0.39 is 13.2 Å². The lowest BCUT2D eigenvalue weighted by atomic mass is 11.2. The average Bonchev–Trinajstić information content (AvgIpc) is 1.63. The van der Waals surface area contributed by atoms with Crippen molar-refractivity contribution < 1.29 is 27.4 Å². The molecule has 53 valence electrons. The van der Waals surface area contributed by atoms with Crippen LogP contribution in [0.3, 0.4) is 0 Å². The molecule has 3 nitrogen and oxygen atoms in total. The summed E-state index contributed by atoms with van der Waals surface area (Å²) in [5, 5.41) is 0. The van der Waals surface area contributed by atoms with Gasteiger partial charge in [-0.1, -0.05) is 0 Å². The second-order valence-corrected chi connectivity index (χ2v) is 0.936. The molecule has 0 bridgehead atoms. The molecule has 0 fully saturated rings. The number of hydrogen-bond acceptors (Lipinski definition) is 3. The highest BCUT2D eigenvalue weighted by atomic mass is 19.4. The zero-order valence-corrected chi connectivity index (χ0v) is 4.07. The summed E-state index contributed by atoms with van der Waals surface area (Å²) in [5.74, 6) is 0. The molecule has 0 aromatic carbocycles. The smallest absolute Gasteiger partial charge is 0.430 e. The van der Waals surface area contributed by atoms with Crippen LogP contribution >= 0.6 is 0 Å². The SMILES string of the molecule is O=[C]OCOC(F)(F)F. The van der Waals surface area contributed by atoms with Crippen molar-refractivity contribution in [3.8, 4) is 0 Å². The zero-order valence-electron chi connectivity index (χ0n) is 4.07. The van der Waals surface area contributed by atoms with Crippen molar-refractivity contribution in [3.63, 3.8) is 0 Å². The predicted molar refractivity (Wildman–Crippen MR) is 18.8 cm³/mol. The third-order valence-electron chi connectivity index (χ3n) is 0.340. The molecule has 0 aliphatic carbocycles. The Morgan fingerprint density at radius 2 is 2.00 bits per heavy atom. The van der Waals surface area contributed by atoms with Crippen LogP contribution in [0.15, 0.2) is 0 Å².